The van der Waals surface area contributed by atoms with Crippen molar-refractivity contribution in [1.82, 2.24) is 10.3 Å². The van der Waals surface area contributed by atoms with Crippen LogP contribution in [0.1, 0.15) is 31.2 Å². The molecule has 1 aliphatic rings. The summed E-state index contributed by atoms with van der Waals surface area (Å²) >= 11 is 3.21. The smallest absolute Gasteiger partial charge is 0.405 e. The van der Waals surface area contributed by atoms with E-state index in [2.05, 4.69) is 42.7 Å². The highest BCUT2D eigenvalue weighted by Crippen LogP contribution is 2.30. The van der Waals surface area contributed by atoms with E-state index >= 15 is 0 Å². The molecule has 1 fully saturated rings. The molecule has 34 heavy (non-hydrogen) atoms. The minimum atomic E-state index is -4.71. The Labute approximate surface area is 205 Å². The summed E-state index contributed by atoms with van der Waals surface area (Å²) < 4.78 is 42.9. The summed E-state index contributed by atoms with van der Waals surface area (Å²) in [7, 11) is 1.91. The topological polar surface area (TPSA) is 58.2 Å². The first-order chi connectivity index (χ1) is 16.3. The van der Waals surface area contributed by atoms with Gasteiger partial charge in [-0.1, -0.05) is 40.2 Å². The van der Waals surface area contributed by atoms with E-state index in [4.69, 9.17) is 4.98 Å². The quantitative estimate of drug-likeness (QED) is 0.307. The van der Waals surface area contributed by atoms with E-state index in [-0.39, 0.29) is 5.75 Å². The number of halogens is 4. The summed E-state index contributed by atoms with van der Waals surface area (Å²) in [4.78, 5) is 4.76. The van der Waals surface area contributed by atoms with Crippen LogP contribution in [0.25, 0.3) is 10.9 Å². The van der Waals surface area contributed by atoms with Gasteiger partial charge in [0.1, 0.15) is 11.6 Å². The summed E-state index contributed by atoms with van der Waals surface area (Å²) in [5.41, 5.74) is 2.53. The van der Waals surface area contributed by atoms with Gasteiger partial charge in [0.15, 0.2) is 0 Å². The molecular weight excluding hydrogens is 509 g/mol. The molecule has 9 heteroatoms. The van der Waals surface area contributed by atoms with Gasteiger partial charge in [0.25, 0.3) is 0 Å². The number of nitrogens with one attached hydrogen (secondary N) is 3. The van der Waals surface area contributed by atoms with Crippen LogP contribution in [-0.2, 0) is 6.42 Å². The molecule has 0 radical (unpaired) electrons. The number of rotatable bonds is 8. The predicted molar refractivity (Wildman–Crippen MR) is 133 cm³/mol. The third kappa shape index (κ3) is 6.54. The second kappa shape index (κ2) is 10.8. The van der Waals surface area contributed by atoms with Crippen LogP contribution >= 0.6 is 15.9 Å². The zero-order valence-electron chi connectivity index (χ0n) is 18.9. The first kappa shape index (κ1) is 24.6. The van der Waals surface area contributed by atoms with Crippen molar-refractivity contribution in [1.29, 1.82) is 0 Å². The van der Waals surface area contributed by atoms with Gasteiger partial charge in [-0.2, -0.15) is 0 Å². The van der Waals surface area contributed by atoms with Crippen molar-refractivity contribution in [3.63, 3.8) is 0 Å². The van der Waals surface area contributed by atoms with Gasteiger partial charge in [-0.15, -0.1) is 13.2 Å². The Morgan fingerprint density at radius 1 is 1.03 bits per heavy atom. The number of benzene rings is 2. The first-order valence-corrected chi connectivity index (χ1v) is 12.2. The van der Waals surface area contributed by atoms with Crippen molar-refractivity contribution < 1.29 is 17.9 Å². The van der Waals surface area contributed by atoms with Crippen molar-refractivity contribution in [2.45, 2.75) is 50.6 Å². The highest BCUT2D eigenvalue weighted by atomic mass is 79.9. The third-order valence-corrected chi connectivity index (χ3v) is 6.64. The molecule has 5 nitrogen and oxygen atoms in total. The molecule has 0 spiro atoms. The molecule has 182 valence electrons. The molecule has 1 saturated carbocycles. The van der Waals surface area contributed by atoms with Crippen LogP contribution in [0.4, 0.5) is 24.7 Å². The second-order valence-electron chi connectivity index (χ2n) is 8.52. The lowest BCUT2D eigenvalue weighted by molar-refractivity contribution is -0.274. The van der Waals surface area contributed by atoms with Crippen LogP contribution in [0.5, 0.6) is 5.75 Å². The number of ether oxygens (including phenoxy) is 1. The minimum Gasteiger partial charge on any atom is -0.405 e. The highest BCUT2D eigenvalue weighted by Gasteiger charge is 2.32. The van der Waals surface area contributed by atoms with E-state index in [1.807, 2.05) is 31.3 Å². The Kier molecular flexibility index (Phi) is 7.83. The molecule has 0 unspecified atom stereocenters. The number of hydrogen-bond donors (Lipinski definition) is 3. The number of anilines is 2. The average Bonchev–Trinajstić information content (AvgIpc) is 2.80. The predicted octanol–water partition coefficient (Wildman–Crippen LogP) is 6.49. The highest BCUT2D eigenvalue weighted by molar-refractivity contribution is 9.10. The molecule has 0 atom stereocenters. The third-order valence-electron chi connectivity index (χ3n) is 6.15. The van der Waals surface area contributed by atoms with Crippen LogP contribution in [0, 0.1) is 0 Å². The second-order valence-corrected chi connectivity index (χ2v) is 9.43. The standard InChI is InChI=1S/C25H28BrF3N4O/c1-30-22-15-24(33-21-5-3-2-4-20(21)22)32-19-10-8-18(9-11-19)31-13-12-16-6-7-17(26)14-23(16)34-25(27,28)29/h2-7,14-15,18-19,31H,8-13H2,1H3,(H2,30,32,33). The van der Waals surface area contributed by atoms with Gasteiger partial charge in [0.05, 0.1) is 5.52 Å². The molecule has 4 rings (SSSR count). The van der Waals surface area contributed by atoms with Crippen LogP contribution in [0.3, 0.4) is 0 Å². The number of pyridine rings is 1. The fourth-order valence-electron chi connectivity index (χ4n) is 4.47. The van der Waals surface area contributed by atoms with Gasteiger partial charge >= 0.3 is 6.36 Å². The van der Waals surface area contributed by atoms with E-state index in [0.717, 1.165) is 48.1 Å². The Hall–Kier alpha value is -2.52. The van der Waals surface area contributed by atoms with Crippen LogP contribution in [0.15, 0.2) is 53.0 Å². The van der Waals surface area contributed by atoms with E-state index in [1.165, 1.54) is 6.07 Å². The van der Waals surface area contributed by atoms with Gasteiger partial charge in [-0.3, -0.25) is 0 Å². The summed E-state index contributed by atoms with van der Waals surface area (Å²) in [6, 6.07) is 15.6. The first-order valence-electron chi connectivity index (χ1n) is 11.4. The number of alkyl halides is 3. The molecule has 1 heterocycles. The van der Waals surface area contributed by atoms with Gasteiger partial charge in [0.2, 0.25) is 0 Å². The van der Waals surface area contributed by atoms with E-state index in [0.29, 0.717) is 35.1 Å². The fraction of sp³-hybridized carbons (Fsp3) is 0.400. The van der Waals surface area contributed by atoms with E-state index in [9.17, 15) is 13.2 Å². The molecule has 0 amide bonds. The molecule has 0 bridgehead atoms. The number of para-hydroxylation sites is 1. The molecule has 3 aromatic rings. The van der Waals surface area contributed by atoms with Crippen LogP contribution in [-0.4, -0.2) is 37.0 Å². The zero-order valence-corrected chi connectivity index (χ0v) is 20.5. The summed E-state index contributed by atoms with van der Waals surface area (Å²) in [5.74, 6) is 0.715. The number of hydrogen-bond acceptors (Lipinski definition) is 5. The largest absolute Gasteiger partial charge is 0.573 e. The summed E-state index contributed by atoms with van der Waals surface area (Å²) in [6.07, 6.45) is -0.247. The average molecular weight is 537 g/mol. The molecule has 1 aliphatic carbocycles. The SMILES string of the molecule is CNc1cc(NC2CCC(NCCc3ccc(Br)cc3OC(F)(F)F)CC2)nc2ccccc12. The van der Waals surface area contributed by atoms with Crippen LogP contribution < -0.4 is 20.7 Å². The Balaban J connectivity index is 1.27. The maximum absolute atomic E-state index is 12.7. The van der Waals surface area contributed by atoms with Gasteiger partial charge in [0, 0.05) is 40.7 Å². The Morgan fingerprint density at radius 3 is 2.50 bits per heavy atom. The lowest BCUT2D eigenvalue weighted by atomic mass is 9.91. The van der Waals surface area contributed by atoms with Gasteiger partial charge in [-0.25, -0.2) is 4.98 Å². The minimum absolute atomic E-state index is 0.152. The molecule has 0 saturated heterocycles. The number of nitrogens with zero attached hydrogens (tertiary/aromatic N) is 1. The van der Waals surface area contributed by atoms with Crippen molar-refractivity contribution in [3.8, 4) is 5.75 Å². The fourth-order valence-corrected chi connectivity index (χ4v) is 4.81. The lowest BCUT2D eigenvalue weighted by Gasteiger charge is -2.30. The van der Waals surface area contributed by atoms with E-state index in [1.54, 1.807) is 12.1 Å². The Bertz CT molecular complexity index is 1120. The van der Waals surface area contributed by atoms with E-state index < -0.39 is 6.36 Å². The maximum atomic E-state index is 12.7. The van der Waals surface area contributed by atoms with Crippen molar-refractivity contribution in [2.24, 2.45) is 0 Å². The summed E-state index contributed by atoms with van der Waals surface area (Å²) in [5, 5.41) is 11.4. The lowest BCUT2D eigenvalue weighted by Crippen LogP contribution is -2.38. The summed E-state index contributed by atoms with van der Waals surface area (Å²) in [6.45, 7) is 0.594. The molecule has 0 aliphatic heterocycles. The Morgan fingerprint density at radius 2 is 1.76 bits per heavy atom. The van der Waals surface area contributed by atoms with Crippen molar-refractivity contribution in [3.05, 3.63) is 58.6 Å². The van der Waals surface area contributed by atoms with Crippen LogP contribution in [0.2, 0.25) is 0 Å². The normalized spacial score (nSPS) is 18.6. The van der Waals surface area contributed by atoms with Crippen molar-refractivity contribution >= 4 is 38.3 Å². The monoisotopic (exact) mass is 536 g/mol. The number of fused-ring (bicyclic) bond motifs is 1. The zero-order chi connectivity index (χ0) is 24.1. The maximum Gasteiger partial charge on any atom is 0.573 e. The molecular formula is C25H28BrF3N4O. The number of aromatic nitrogens is 1. The molecule has 1 aromatic heterocycles. The van der Waals surface area contributed by atoms with Crippen molar-refractivity contribution in [2.75, 3.05) is 24.2 Å². The van der Waals surface area contributed by atoms with Gasteiger partial charge in [-0.05, 0) is 62.4 Å². The molecule has 2 aromatic carbocycles. The van der Waals surface area contributed by atoms with Gasteiger partial charge < -0.3 is 20.7 Å². The molecule has 3 N–H and O–H groups in total.